The number of halogens is 2. The average molecular weight is 352 g/mol. The highest BCUT2D eigenvalue weighted by molar-refractivity contribution is 6.31. The Hall–Kier alpha value is -1.47. The maximum absolute atomic E-state index is 13.9. The SMILES string of the molecule is O[C@@H]1CN(c2ccnc3cc(Cl)c(F)cc23)C[C@H]1N1CCOCC1. The van der Waals surface area contributed by atoms with Crippen molar-refractivity contribution in [2.24, 2.45) is 0 Å². The van der Waals surface area contributed by atoms with Gasteiger partial charge in [0.15, 0.2) is 0 Å². The number of aromatic nitrogens is 1. The first-order valence-corrected chi connectivity index (χ1v) is 8.50. The van der Waals surface area contributed by atoms with Crippen molar-refractivity contribution in [2.45, 2.75) is 12.1 Å². The Kier molecular flexibility index (Phi) is 4.30. The zero-order chi connectivity index (χ0) is 16.7. The Morgan fingerprint density at radius 1 is 1.25 bits per heavy atom. The fourth-order valence-corrected chi connectivity index (χ4v) is 3.79. The Labute approximate surface area is 144 Å². The number of pyridine rings is 1. The Morgan fingerprint density at radius 2 is 2.04 bits per heavy atom. The zero-order valence-corrected chi connectivity index (χ0v) is 13.9. The van der Waals surface area contributed by atoms with Crippen LogP contribution in [0.4, 0.5) is 10.1 Å². The van der Waals surface area contributed by atoms with E-state index in [1.807, 2.05) is 6.07 Å². The van der Waals surface area contributed by atoms with E-state index < -0.39 is 11.9 Å². The van der Waals surface area contributed by atoms with Crippen LogP contribution in [0.15, 0.2) is 24.4 Å². The predicted octanol–water partition coefficient (Wildman–Crippen LogP) is 1.91. The number of anilines is 1. The Morgan fingerprint density at radius 3 is 2.83 bits per heavy atom. The van der Waals surface area contributed by atoms with Gasteiger partial charge >= 0.3 is 0 Å². The van der Waals surface area contributed by atoms with Gasteiger partial charge in [0.2, 0.25) is 0 Å². The molecule has 0 aliphatic carbocycles. The van der Waals surface area contributed by atoms with Crippen molar-refractivity contribution < 1.29 is 14.2 Å². The van der Waals surface area contributed by atoms with Crippen LogP contribution in [0.1, 0.15) is 0 Å². The Bertz CT molecular complexity index is 754. The molecule has 2 aliphatic rings. The third-order valence-corrected chi connectivity index (χ3v) is 5.16. The molecule has 1 aromatic heterocycles. The van der Waals surface area contributed by atoms with Crippen LogP contribution in [-0.2, 0) is 4.74 Å². The van der Waals surface area contributed by atoms with Crippen LogP contribution in [0.25, 0.3) is 10.9 Å². The third kappa shape index (κ3) is 2.84. The topological polar surface area (TPSA) is 48.8 Å². The molecule has 2 fully saturated rings. The summed E-state index contributed by atoms with van der Waals surface area (Å²) in [4.78, 5) is 8.65. The van der Waals surface area contributed by atoms with Crippen LogP contribution in [0.5, 0.6) is 0 Å². The van der Waals surface area contributed by atoms with E-state index >= 15 is 0 Å². The van der Waals surface area contributed by atoms with Gasteiger partial charge in [-0.05, 0) is 18.2 Å². The lowest BCUT2D eigenvalue weighted by molar-refractivity contribution is -0.00588. The molecule has 0 bridgehead atoms. The molecule has 0 radical (unpaired) electrons. The number of benzene rings is 1. The molecule has 24 heavy (non-hydrogen) atoms. The quantitative estimate of drug-likeness (QED) is 0.895. The first kappa shape index (κ1) is 16.0. The minimum Gasteiger partial charge on any atom is -0.390 e. The van der Waals surface area contributed by atoms with Crippen LogP contribution in [0, 0.1) is 5.82 Å². The molecule has 0 spiro atoms. The molecule has 3 heterocycles. The van der Waals surface area contributed by atoms with Gasteiger partial charge in [0, 0.05) is 43.4 Å². The van der Waals surface area contributed by atoms with Gasteiger partial charge in [0.1, 0.15) is 5.82 Å². The van der Waals surface area contributed by atoms with Crippen molar-refractivity contribution in [1.82, 2.24) is 9.88 Å². The number of ether oxygens (including phenoxy) is 1. The van der Waals surface area contributed by atoms with Crippen molar-refractivity contribution in [3.8, 4) is 0 Å². The lowest BCUT2D eigenvalue weighted by Gasteiger charge is -2.33. The number of hydrogen-bond donors (Lipinski definition) is 1. The fraction of sp³-hybridized carbons (Fsp3) is 0.471. The second-order valence-corrected chi connectivity index (χ2v) is 6.71. The summed E-state index contributed by atoms with van der Waals surface area (Å²) in [5.41, 5.74) is 1.54. The maximum Gasteiger partial charge on any atom is 0.142 e. The molecule has 2 aliphatic heterocycles. The van der Waals surface area contributed by atoms with E-state index in [-0.39, 0.29) is 11.1 Å². The van der Waals surface area contributed by atoms with E-state index in [0.29, 0.717) is 37.2 Å². The predicted molar refractivity (Wildman–Crippen MR) is 91.1 cm³/mol. The summed E-state index contributed by atoms with van der Waals surface area (Å²) in [5.74, 6) is -0.456. The van der Waals surface area contributed by atoms with Gasteiger partial charge in [-0.25, -0.2) is 4.39 Å². The molecule has 7 heteroatoms. The highest BCUT2D eigenvalue weighted by Crippen LogP contribution is 2.32. The van der Waals surface area contributed by atoms with E-state index in [0.717, 1.165) is 18.8 Å². The van der Waals surface area contributed by atoms with Gasteiger partial charge in [-0.2, -0.15) is 0 Å². The lowest BCUT2D eigenvalue weighted by Crippen LogP contribution is -2.48. The first-order chi connectivity index (χ1) is 11.6. The highest BCUT2D eigenvalue weighted by atomic mass is 35.5. The van der Waals surface area contributed by atoms with Crippen molar-refractivity contribution in [3.05, 3.63) is 35.2 Å². The summed E-state index contributed by atoms with van der Waals surface area (Å²) in [6, 6.07) is 4.90. The van der Waals surface area contributed by atoms with Crippen LogP contribution in [0.2, 0.25) is 5.02 Å². The minimum absolute atomic E-state index is 0.0641. The van der Waals surface area contributed by atoms with Crippen molar-refractivity contribution >= 4 is 28.2 Å². The highest BCUT2D eigenvalue weighted by Gasteiger charge is 2.36. The second-order valence-electron chi connectivity index (χ2n) is 6.30. The lowest BCUT2D eigenvalue weighted by atomic mass is 10.1. The van der Waals surface area contributed by atoms with Gasteiger partial charge in [0.25, 0.3) is 0 Å². The molecular formula is C17H19ClFN3O2. The molecule has 2 aromatic rings. The number of nitrogens with zero attached hydrogens (tertiary/aromatic N) is 3. The summed E-state index contributed by atoms with van der Waals surface area (Å²) in [7, 11) is 0. The average Bonchev–Trinajstić information content (AvgIpc) is 2.98. The molecule has 0 saturated carbocycles. The van der Waals surface area contributed by atoms with Crippen molar-refractivity contribution in [1.29, 1.82) is 0 Å². The largest absolute Gasteiger partial charge is 0.390 e. The van der Waals surface area contributed by atoms with Gasteiger partial charge in [-0.15, -0.1) is 0 Å². The minimum atomic E-state index is -0.456. The Balaban J connectivity index is 1.64. The smallest absolute Gasteiger partial charge is 0.142 e. The molecule has 0 unspecified atom stereocenters. The number of fused-ring (bicyclic) bond motifs is 1. The summed E-state index contributed by atoms with van der Waals surface area (Å²) in [5, 5.41) is 11.3. The van der Waals surface area contributed by atoms with E-state index in [4.69, 9.17) is 16.3 Å². The second kappa shape index (κ2) is 6.44. The normalized spacial score (nSPS) is 25.5. The number of aliphatic hydroxyl groups excluding tert-OH is 1. The van der Waals surface area contributed by atoms with Crippen LogP contribution in [-0.4, -0.2) is 66.5 Å². The summed E-state index contributed by atoms with van der Waals surface area (Å²) in [6.07, 6.45) is 1.25. The molecule has 4 rings (SSSR count). The third-order valence-electron chi connectivity index (χ3n) is 4.88. The number of morpholine rings is 1. The van der Waals surface area contributed by atoms with Gasteiger partial charge in [-0.3, -0.25) is 9.88 Å². The number of β-amino-alcohol motifs (C(OH)–C–C–N with tert-alkyl or cyclic N) is 1. The van der Waals surface area contributed by atoms with E-state index in [9.17, 15) is 9.50 Å². The summed E-state index contributed by atoms with van der Waals surface area (Å²) in [6.45, 7) is 4.28. The molecule has 2 saturated heterocycles. The van der Waals surface area contributed by atoms with E-state index in [2.05, 4.69) is 14.8 Å². The molecule has 1 aromatic carbocycles. The van der Waals surface area contributed by atoms with Gasteiger partial charge in [-0.1, -0.05) is 11.6 Å². The number of rotatable bonds is 2. The van der Waals surface area contributed by atoms with Crippen molar-refractivity contribution in [3.63, 3.8) is 0 Å². The van der Waals surface area contributed by atoms with Crippen LogP contribution >= 0.6 is 11.6 Å². The zero-order valence-electron chi connectivity index (χ0n) is 13.2. The number of hydrogen-bond acceptors (Lipinski definition) is 5. The number of aliphatic hydroxyl groups is 1. The molecular weight excluding hydrogens is 333 g/mol. The van der Waals surface area contributed by atoms with Gasteiger partial charge in [0.05, 0.1) is 35.9 Å². The van der Waals surface area contributed by atoms with Crippen LogP contribution in [0.3, 0.4) is 0 Å². The standard InChI is InChI=1S/C17H19ClFN3O2/c18-12-8-14-11(7-13(12)19)15(1-2-20-14)22-9-16(17(23)10-22)21-3-5-24-6-4-21/h1-2,7-8,16-17,23H,3-6,9-10H2/t16-,17-/m1/s1. The monoisotopic (exact) mass is 351 g/mol. The van der Waals surface area contributed by atoms with Crippen LogP contribution < -0.4 is 4.90 Å². The van der Waals surface area contributed by atoms with E-state index in [1.54, 1.807) is 12.3 Å². The van der Waals surface area contributed by atoms with Gasteiger partial charge < -0.3 is 14.7 Å². The molecule has 1 N–H and O–H groups in total. The summed E-state index contributed by atoms with van der Waals surface area (Å²) < 4.78 is 19.3. The summed E-state index contributed by atoms with van der Waals surface area (Å²) >= 11 is 5.86. The molecule has 0 amide bonds. The molecule has 2 atom stereocenters. The van der Waals surface area contributed by atoms with E-state index in [1.165, 1.54) is 6.07 Å². The molecule has 128 valence electrons. The molecule has 5 nitrogen and oxygen atoms in total. The van der Waals surface area contributed by atoms with Crippen molar-refractivity contribution in [2.75, 3.05) is 44.3 Å². The first-order valence-electron chi connectivity index (χ1n) is 8.12. The maximum atomic E-state index is 13.9. The fourth-order valence-electron chi connectivity index (χ4n) is 3.64.